The predicted octanol–water partition coefficient (Wildman–Crippen LogP) is 2.95. The molecule has 3 unspecified atom stereocenters. The van der Waals surface area contributed by atoms with Crippen LogP contribution >= 0.6 is 11.6 Å². The molecule has 0 spiro atoms. The zero-order valence-corrected chi connectivity index (χ0v) is 13.0. The Kier molecular flexibility index (Phi) is 4.05. The number of nitrogens with one attached hydrogen (secondary N) is 1. The van der Waals surface area contributed by atoms with Crippen molar-refractivity contribution in [3.05, 3.63) is 23.7 Å². The number of hydrogen-bond donors (Lipinski definition) is 1. The molecule has 0 aliphatic heterocycles. The Balaban J connectivity index is 1.79. The maximum absolute atomic E-state index is 6.00. The number of aromatic nitrogens is 5. The Labute approximate surface area is 129 Å². The monoisotopic (exact) mass is 306 g/mol. The Morgan fingerprint density at radius 1 is 1.24 bits per heavy atom. The van der Waals surface area contributed by atoms with Crippen molar-refractivity contribution in [1.82, 2.24) is 24.7 Å². The van der Waals surface area contributed by atoms with Crippen LogP contribution in [0.1, 0.15) is 33.1 Å². The predicted molar refractivity (Wildman–Crippen MR) is 81.5 cm³/mol. The highest BCUT2D eigenvalue weighted by Crippen LogP contribution is 2.30. The molecule has 112 valence electrons. The van der Waals surface area contributed by atoms with Gasteiger partial charge < -0.3 is 5.32 Å². The van der Waals surface area contributed by atoms with Gasteiger partial charge in [-0.25, -0.2) is 4.68 Å². The van der Waals surface area contributed by atoms with Crippen molar-refractivity contribution in [1.29, 1.82) is 0 Å². The fourth-order valence-corrected chi connectivity index (χ4v) is 3.10. The lowest BCUT2D eigenvalue weighted by Crippen LogP contribution is -2.33. The first-order chi connectivity index (χ1) is 10.1. The molecule has 0 amide bonds. The van der Waals surface area contributed by atoms with Crippen LogP contribution in [-0.4, -0.2) is 30.8 Å². The zero-order chi connectivity index (χ0) is 14.8. The number of anilines is 1. The van der Waals surface area contributed by atoms with Crippen LogP contribution in [0.15, 0.2) is 18.5 Å². The molecule has 3 rings (SSSR count). The molecule has 2 heterocycles. The SMILES string of the molecule is CC1CCC(Nc2nc(Cl)nc(-n3cccn3)n2)C(C)C1. The highest BCUT2D eigenvalue weighted by atomic mass is 35.5. The van der Waals surface area contributed by atoms with Gasteiger partial charge in [0, 0.05) is 18.4 Å². The average Bonchev–Trinajstić information content (AvgIpc) is 2.95. The van der Waals surface area contributed by atoms with E-state index in [2.05, 4.69) is 39.2 Å². The van der Waals surface area contributed by atoms with Crippen LogP contribution in [-0.2, 0) is 0 Å². The summed E-state index contributed by atoms with van der Waals surface area (Å²) < 4.78 is 1.57. The lowest BCUT2D eigenvalue weighted by molar-refractivity contribution is 0.275. The third-order valence-corrected chi connectivity index (χ3v) is 4.22. The van der Waals surface area contributed by atoms with Gasteiger partial charge in [0.1, 0.15) is 0 Å². The molecule has 21 heavy (non-hydrogen) atoms. The van der Waals surface area contributed by atoms with E-state index in [1.54, 1.807) is 17.1 Å². The second kappa shape index (κ2) is 5.97. The lowest BCUT2D eigenvalue weighted by Gasteiger charge is -2.33. The summed E-state index contributed by atoms with van der Waals surface area (Å²) in [5, 5.41) is 7.70. The second-order valence-electron chi connectivity index (χ2n) is 5.83. The summed E-state index contributed by atoms with van der Waals surface area (Å²) >= 11 is 6.00. The first-order valence-electron chi connectivity index (χ1n) is 7.30. The lowest BCUT2D eigenvalue weighted by atomic mass is 9.80. The molecule has 1 fully saturated rings. The van der Waals surface area contributed by atoms with Gasteiger partial charge in [-0.15, -0.1) is 0 Å². The Morgan fingerprint density at radius 2 is 2.10 bits per heavy atom. The van der Waals surface area contributed by atoms with Gasteiger partial charge in [0.05, 0.1) is 0 Å². The highest BCUT2D eigenvalue weighted by Gasteiger charge is 2.26. The van der Waals surface area contributed by atoms with Crippen LogP contribution in [0.5, 0.6) is 0 Å². The van der Waals surface area contributed by atoms with Gasteiger partial charge in [-0.2, -0.15) is 20.1 Å². The van der Waals surface area contributed by atoms with Crippen molar-refractivity contribution < 1.29 is 0 Å². The van der Waals surface area contributed by atoms with E-state index in [0.29, 0.717) is 23.9 Å². The summed E-state index contributed by atoms with van der Waals surface area (Å²) in [6, 6.07) is 2.19. The van der Waals surface area contributed by atoms with Crippen molar-refractivity contribution in [2.24, 2.45) is 11.8 Å². The van der Waals surface area contributed by atoms with E-state index in [1.807, 2.05) is 6.07 Å². The molecule has 6 nitrogen and oxygen atoms in total. The minimum atomic E-state index is 0.176. The first-order valence-corrected chi connectivity index (χ1v) is 7.67. The number of halogens is 1. The van der Waals surface area contributed by atoms with Crippen molar-refractivity contribution in [3.63, 3.8) is 0 Å². The molecular weight excluding hydrogens is 288 g/mol. The van der Waals surface area contributed by atoms with Crippen LogP contribution in [0, 0.1) is 11.8 Å². The molecular formula is C14H19ClN6. The van der Waals surface area contributed by atoms with E-state index >= 15 is 0 Å². The Hall–Kier alpha value is -1.69. The van der Waals surface area contributed by atoms with E-state index in [1.165, 1.54) is 12.8 Å². The third-order valence-electron chi connectivity index (χ3n) is 4.05. The Bertz CT molecular complexity index is 600. The van der Waals surface area contributed by atoms with Crippen LogP contribution in [0.2, 0.25) is 5.28 Å². The van der Waals surface area contributed by atoms with E-state index in [9.17, 15) is 0 Å². The van der Waals surface area contributed by atoms with Gasteiger partial charge in [0.15, 0.2) is 0 Å². The third kappa shape index (κ3) is 3.32. The van der Waals surface area contributed by atoms with Gasteiger partial charge in [0.25, 0.3) is 5.95 Å². The summed E-state index contributed by atoms with van der Waals surface area (Å²) in [4.78, 5) is 12.7. The van der Waals surface area contributed by atoms with Crippen LogP contribution in [0.25, 0.3) is 5.95 Å². The molecule has 0 saturated heterocycles. The molecule has 1 saturated carbocycles. The number of nitrogens with zero attached hydrogens (tertiary/aromatic N) is 5. The first kappa shape index (κ1) is 14.3. The number of hydrogen-bond acceptors (Lipinski definition) is 5. The largest absolute Gasteiger partial charge is 0.351 e. The molecule has 0 bridgehead atoms. The van der Waals surface area contributed by atoms with E-state index in [-0.39, 0.29) is 5.28 Å². The average molecular weight is 307 g/mol. The van der Waals surface area contributed by atoms with Crippen molar-refractivity contribution in [3.8, 4) is 5.95 Å². The summed E-state index contributed by atoms with van der Waals surface area (Å²) in [6.07, 6.45) is 7.04. The van der Waals surface area contributed by atoms with E-state index < -0.39 is 0 Å². The summed E-state index contributed by atoms with van der Waals surface area (Å²) in [5.74, 6) is 2.34. The quantitative estimate of drug-likeness (QED) is 0.944. The topological polar surface area (TPSA) is 68.5 Å². The van der Waals surface area contributed by atoms with Crippen LogP contribution in [0.3, 0.4) is 0 Å². The van der Waals surface area contributed by atoms with Crippen LogP contribution < -0.4 is 5.32 Å². The van der Waals surface area contributed by atoms with Crippen LogP contribution in [0.4, 0.5) is 5.95 Å². The molecule has 1 aliphatic rings. The van der Waals surface area contributed by atoms with Gasteiger partial charge in [-0.1, -0.05) is 13.8 Å². The minimum absolute atomic E-state index is 0.176. The van der Waals surface area contributed by atoms with Crippen molar-refractivity contribution >= 4 is 17.5 Å². The molecule has 1 aliphatic carbocycles. The fourth-order valence-electron chi connectivity index (χ4n) is 2.94. The summed E-state index contributed by atoms with van der Waals surface area (Å²) in [5.41, 5.74) is 0. The van der Waals surface area contributed by atoms with E-state index in [0.717, 1.165) is 12.3 Å². The molecule has 2 aromatic heterocycles. The summed E-state index contributed by atoms with van der Waals surface area (Å²) in [7, 11) is 0. The number of rotatable bonds is 3. The highest BCUT2D eigenvalue weighted by molar-refractivity contribution is 6.28. The second-order valence-corrected chi connectivity index (χ2v) is 6.16. The molecule has 1 N–H and O–H groups in total. The van der Waals surface area contributed by atoms with Crippen molar-refractivity contribution in [2.75, 3.05) is 5.32 Å². The molecule has 7 heteroatoms. The van der Waals surface area contributed by atoms with Gasteiger partial charge in [-0.05, 0) is 48.8 Å². The minimum Gasteiger partial charge on any atom is -0.351 e. The summed E-state index contributed by atoms with van der Waals surface area (Å²) in [6.45, 7) is 4.58. The van der Waals surface area contributed by atoms with Gasteiger partial charge in [0.2, 0.25) is 11.2 Å². The maximum atomic E-state index is 6.00. The smallest absolute Gasteiger partial charge is 0.256 e. The van der Waals surface area contributed by atoms with Gasteiger partial charge in [-0.3, -0.25) is 0 Å². The van der Waals surface area contributed by atoms with Crippen molar-refractivity contribution in [2.45, 2.75) is 39.2 Å². The standard InChI is InChI=1S/C14H19ClN6/c1-9-4-5-11(10(2)8-9)17-13-18-12(15)19-14(20-13)21-7-3-6-16-21/h3,6-7,9-11H,4-5,8H2,1-2H3,(H,17,18,19,20). The van der Waals surface area contributed by atoms with Gasteiger partial charge >= 0.3 is 0 Å². The molecule has 0 radical (unpaired) electrons. The molecule has 0 aromatic carbocycles. The molecule has 3 atom stereocenters. The normalized spacial score (nSPS) is 25.8. The maximum Gasteiger partial charge on any atom is 0.256 e. The molecule has 2 aromatic rings. The zero-order valence-electron chi connectivity index (χ0n) is 12.2. The van der Waals surface area contributed by atoms with E-state index in [4.69, 9.17) is 11.6 Å². The fraction of sp³-hybridized carbons (Fsp3) is 0.571. The Morgan fingerprint density at radius 3 is 2.81 bits per heavy atom.